The Kier molecular flexibility index (Phi) is 7.81. The second-order valence-electron chi connectivity index (χ2n) is 6.56. The number of hydrogen-bond acceptors (Lipinski definition) is 6. The maximum Gasteiger partial charge on any atom is 0.142 e. The predicted molar refractivity (Wildman–Crippen MR) is 99.5 cm³/mol. The molecule has 2 aromatic rings. The third-order valence-corrected chi connectivity index (χ3v) is 4.75. The number of fused-ring (bicyclic) bond motifs is 2. The molecule has 1 aliphatic carbocycles. The van der Waals surface area contributed by atoms with Gasteiger partial charge in [0.05, 0.1) is 5.39 Å². The first-order chi connectivity index (χ1) is 12.2. The Morgan fingerprint density at radius 3 is 2.64 bits per heavy atom. The van der Waals surface area contributed by atoms with Gasteiger partial charge in [0, 0.05) is 39.4 Å². The summed E-state index contributed by atoms with van der Waals surface area (Å²) in [6.45, 7) is 2.73. The zero-order valence-electron chi connectivity index (χ0n) is 15.1. The SMILES string of the molecule is CN1CC2CCCC2C1.CNc1ncnc2[nH]ccc12.O=CCCO. The van der Waals surface area contributed by atoms with E-state index in [0.717, 1.165) is 28.7 Å². The normalized spacial score (nSPS) is 21.7. The van der Waals surface area contributed by atoms with Crippen LogP contribution in [0.5, 0.6) is 0 Å². The number of aldehydes is 1. The van der Waals surface area contributed by atoms with Crippen LogP contribution in [-0.2, 0) is 4.79 Å². The highest BCUT2D eigenvalue weighted by Crippen LogP contribution is 2.36. The highest BCUT2D eigenvalue weighted by atomic mass is 16.3. The van der Waals surface area contributed by atoms with Crippen molar-refractivity contribution in [2.75, 3.05) is 39.1 Å². The van der Waals surface area contributed by atoms with E-state index in [-0.39, 0.29) is 13.0 Å². The molecule has 3 heterocycles. The Labute approximate surface area is 148 Å². The van der Waals surface area contributed by atoms with Gasteiger partial charge in [-0.25, -0.2) is 9.97 Å². The van der Waals surface area contributed by atoms with Crippen LogP contribution in [-0.4, -0.2) is 65.0 Å². The van der Waals surface area contributed by atoms with E-state index < -0.39 is 0 Å². The molecule has 1 aliphatic heterocycles. The van der Waals surface area contributed by atoms with E-state index in [2.05, 4.69) is 32.2 Å². The molecule has 0 aromatic carbocycles. The fourth-order valence-corrected chi connectivity index (χ4v) is 3.59. The van der Waals surface area contributed by atoms with Crippen LogP contribution < -0.4 is 5.32 Å². The van der Waals surface area contributed by atoms with Gasteiger partial charge in [-0.15, -0.1) is 0 Å². The molecular formula is C18H29N5O2. The zero-order chi connectivity index (χ0) is 18.1. The van der Waals surface area contributed by atoms with E-state index in [1.54, 1.807) is 0 Å². The van der Waals surface area contributed by atoms with Crippen molar-refractivity contribution in [2.24, 2.45) is 11.8 Å². The lowest BCUT2D eigenvalue weighted by Crippen LogP contribution is -2.14. The van der Waals surface area contributed by atoms with Crippen LogP contribution in [0.4, 0.5) is 5.82 Å². The molecule has 1 saturated carbocycles. The lowest BCUT2D eigenvalue weighted by atomic mass is 10.0. The van der Waals surface area contributed by atoms with Crippen molar-refractivity contribution in [3.05, 3.63) is 18.6 Å². The monoisotopic (exact) mass is 347 g/mol. The number of aliphatic hydroxyl groups excluding tert-OH is 1. The Morgan fingerprint density at radius 2 is 2.08 bits per heavy atom. The molecule has 7 nitrogen and oxygen atoms in total. The third kappa shape index (κ3) is 5.51. The molecule has 2 fully saturated rings. The number of anilines is 1. The number of hydrogen-bond donors (Lipinski definition) is 3. The first-order valence-corrected chi connectivity index (χ1v) is 8.88. The molecule has 7 heteroatoms. The number of aliphatic hydroxyl groups is 1. The molecule has 0 radical (unpaired) electrons. The molecule has 2 aromatic heterocycles. The van der Waals surface area contributed by atoms with Crippen LogP contribution in [0.25, 0.3) is 11.0 Å². The van der Waals surface area contributed by atoms with Gasteiger partial charge in [-0.1, -0.05) is 6.42 Å². The number of nitrogens with zero attached hydrogens (tertiary/aromatic N) is 3. The van der Waals surface area contributed by atoms with E-state index in [1.807, 2.05) is 19.3 Å². The summed E-state index contributed by atoms with van der Waals surface area (Å²) in [6.07, 6.45) is 8.85. The van der Waals surface area contributed by atoms with Crippen molar-refractivity contribution in [3.8, 4) is 0 Å². The van der Waals surface area contributed by atoms with E-state index in [4.69, 9.17) is 5.11 Å². The molecule has 3 N–H and O–H groups in total. The van der Waals surface area contributed by atoms with Gasteiger partial charge in [0.2, 0.25) is 0 Å². The van der Waals surface area contributed by atoms with Gasteiger partial charge in [-0.05, 0) is 37.8 Å². The summed E-state index contributed by atoms with van der Waals surface area (Å²) < 4.78 is 0. The summed E-state index contributed by atoms with van der Waals surface area (Å²) in [6, 6.07) is 1.95. The van der Waals surface area contributed by atoms with Crippen LogP contribution in [0.2, 0.25) is 0 Å². The summed E-state index contributed by atoms with van der Waals surface area (Å²) in [5.74, 6) is 3.02. The van der Waals surface area contributed by atoms with Crippen LogP contribution in [0.1, 0.15) is 25.7 Å². The van der Waals surface area contributed by atoms with Gasteiger partial charge in [-0.3, -0.25) is 0 Å². The highest BCUT2D eigenvalue weighted by molar-refractivity contribution is 5.86. The van der Waals surface area contributed by atoms with E-state index in [0.29, 0.717) is 6.29 Å². The van der Waals surface area contributed by atoms with E-state index >= 15 is 0 Å². The van der Waals surface area contributed by atoms with Crippen molar-refractivity contribution >= 4 is 23.1 Å². The lowest BCUT2D eigenvalue weighted by molar-refractivity contribution is -0.108. The number of likely N-dealkylation sites (tertiary alicyclic amines) is 1. The number of carbonyl (C=O) groups is 1. The van der Waals surface area contributed by atoms with Gasteiger partial charge in [-0.2, -0.15) is 0 Å². The van der Waals surface area contributed by atoms with E-state index in [1.165, 1.54) is 38.7 Å². The van der Waals surface area contributed by atoms with Crippen molar-refractivity contribution < 1.29 is 9.90 Å². The van der Waals surface area contributed by atoms with Crippen molar-refractivity contribution in [3.63, 3.8) is 0 Å². The fourth-order valence-electron chi connectivity index (χ4n) is 3.59. The lowest BCUT2D eigenvalue weighted by Gasteiger charge is -2.06. The number of aromatic nitrogens is 3. The summed E-state index contributed by atoms with van der Waals surface area (Å²) in [7, 11) is 4.09. The first-order valence-electron chi connectivity index (χ1n) is 8.88. The number of aromatic amines is 1. The molecule has 0 bridgehead atoms. The van der Waals surface area contributed by atoms with Crippen LogP contribution >= 0.6 is 0 Å². The Hall–Kier alpha value is -1.99. The summed E-state index contributed by atoms with van der Waals surface area (Å²) >= 11 is 0. The van der Waals surface area contributed by atoms with Gasteiger partial charge >= 0.3 is 0 Å². The molecule has 1 saturated heterocycles. The minimum atomic E-state index is -0.0243. The average molecular weight is 347 g/mol. The standard InChI is InChI=1S/C8H15N.C7H8N4.C3H6O2/c1-9-5-7-3-2-4-8(7)6-9;1-8-6-5-2-3-9-7(5)11-4-10-6;4-2-1-3-5/h7-8H,2-6H2,1H3;2-4H,1H3,(H2,8,9,10,11);2,5H,1,3H2. The van der Waals surface area contributed by atoms with Crippen molar-refractivity contribution in [2.45, 2.75) is 25.7 Å². The minimum Gasteiger partial charge on any atom is -0.396 e. The summed E-state index contributed by atoms with van der Waals surface area (Å²) in [4.78, 5) is 22.8. The van der Waals surface area contributed by atoms with Crippen molar-refractivity contribution in [1.29, 1.82) is 0 Å². The summed E-state index contributed by atoms with van der Waals surface area (Å²) in [5, 5.41) is 11.8. The molecule has 0 amide bonds. The molecule has 25 heavy (non-hydrogen) atoms. The molecule has 2 unspecified atom stereocenters. The van der Waals surface area contributed by atoms with E-state index in [9.17, 15) is 4.79 Å². The number of nitrogens with one attached hydrogen (secondary N) is 2. The molecule has 2 aliphatic rings. The quantitative estimate of drug-likeness (QED) is 0.735. The number of carbonyl (C=O) groups excluding carboxylic acids is 1. The molecular weight excluding hydrogens is 318 g/mol. The fraction of sp³-hybridized carbons (Fsp3) is 0.611. The number of rotatable bonds is 3. The maximum atomic E-state index is 9.24. The highest BCUT2D eigenvalue weighted by Gasteiger charge is 2.33. The first kappa shape index (κ1) is 19.3. The van der Waals surface area contributed by atoms with Gasteiger partial charge in [0.25, 0.3) is 0 Å². The topological polar surface area (TPSA) is 94.1 Å². The predicted octanol–water partition coefficient (Wildman–Crippen LogP) is 1.92. The minimum absolute atomic E-state index is 0.0243. The smallest absolute Gasteiger partial charge is 0.142 e. The second kappa shape index (κ2) is 10.1. The van der Waals surface area contributed by atoms with Gasteiger partial charge < -0.3 is 25.1 Å². The van der Waals surface area contributed by atoms with Gasteiger partial charge in [0.1, 0.15) is 24.1 Å². The zero-order valence-corrected chi connectivity index (χ0v) is 15.1. The summed E-state index contributed by atoms with van der Waals surface area (Å²) in [5.41, 5.74) is 0.865. The maximum absolute atomic E-state index is 9.24. The molecule has 0 spiro atoms. The van der Waals surface area contributed by atoms with Crippen LogP contribution in [0.3, 0.4) is 0 Å². The Balaban J connectivity index is 0.000000146. The average Bonchev–Trinajstić information content (AvgIpc) is 3.31. The molecule has 138 valence electrons. The molecule has 2 atom stereocenters. The largest absolute Gasteiger partial charge is 0.396 e. The van der Waals surface area contributed by atoms with Crippen LogP contribution in [0.15, 0.2) is 18.6 Å². The molecule has 4 rings (SSSR count). The number of H-pyrrole nitrogens is 1. The third-order valence-electron chi connectivity index (χ3n) is 4.75. The van der Waals surface area contributed by atoms with Crippen LogP contribution in [0, 0.1) is 11.8 Å². The Morgan fingerprint density at radius 1 is 1.36 bits per heavy atom. The second-order valence-corrected chi connectivity index (χ2v) is 6.56. The van der Waals surface area contributed by atoms with Crippen molar-refractivity contribution in [1.82, 2.24) is 19.9 Å². The Bertz CT molecular complexity index is 633. The van der Waals surface area contributed by atoms with Gasteiger partial charge in [0.15, 0.2) is 0 Å².